The SMILES string of the molecule is O=C(CCCc1cccs1)OCC(=O)N1CCCCCC1. The molecule has 0 radical (unpaired) electrons. The van der Waals surface area contributed by atoms with E-state index in [4.69, 9.17) is 4.74 Å². The zero-order valence-corrected chi connectivity index (χ0v) is 13.2. The van der Waals surface area contributed by atoms with Gasteiger partial charge in [-0.1, -0.05) is 18.9 Å². The van der Waals surface area contributed by atoms with Crippen LogP contribution in [0.2, 0.25) is 0 Å². The van der Waals surface area contributed by atoms with E-state index >= 15 is 0 Å². The summed E-state index contributed by atoms with van der Waals surface area (Å²) in [4.78, 5) is 26.7. The second-order valence-corrected chi connectivity index (χ2v) is 6.42. The minimum atomic E-state index is -0.269. The fraction of sp³-hybridized carbons (Fsp3) is 0.625. The van der Waals surface area contributed by atoms with Crippen molar-refractivity contribution in [2.45, 2.75) is 44.9 Å². The maximum absolute atomic E-state index is 12.0. The largest absolute Gasteiger partial charge is 0.456 e. The van der Waals surface area contributed by atoms with Gasteiger partial charge in [-0.3, -0.25) is 9.59 Å². The molecule has 5 heteroatoms. The Balaban J connectivity index is 1.60. The lowest BCUT2D eigenvalue weighted by atomic mass is 10.2. The molecule has 2 rings (SSSR count). The van der Waals surface area contributed by atoms with E-state index in [0.717, 1.165) is 38.8 Å². The number of rotatable bonds is 6. The molecule has 1 fully saturated rings. The van der Waals surface area contributed by atoms with Gasteiger partial charge in [0.15, 0.2) is 6.61 Å². The van der Waals surface area contributed by atoms with E-state index in [9.17, 15) is 9.59 Å². The third-order valence-corrected chi connectivity index (χ3v) is 4.64. The van der Waals surface area contributed by atoms with Crippen LogP contribution < -0.4 is 0 Å². The lowest BCUT2D eigenvalue weighted by Gasteiger charge is -2.19. The molecule has 1 aliphatic rings. The smallest absolute Gasteiger partial charge is 0.306 e. The summed E-state index contributed by atoms with van der Waals surface area (Å²) in [5.41, 5.74) is 0. The summed E-state index contributed by atoms with van der Waals surface area (Å²) in [5.74, 6) is -0.321. The number of carbonyl (C=O) groups excluding carboxylic acids is 2. The van der Waals surface area contributed by atoms with E-state index in [0.29, 0.717) is 6.42 Å². The third-order valence-electron chi connectivity index (χ3n) is 3.70. The van der Waals surface area contributed by atoms with Gasteiger partial charge in [0.05, 0.1) is 0 Å². The molecule has 1 aliphatic heterocycles. The number of carbonyl (C=O) groups is 2. The van der Waals surface area contributed by atoms with Crippen LogP contribution >= 0.6 is 11.3 Å². The van der Waals surface area contributed by atoms with Crippen LogP contribution in [-0.2, 0) is 20.7 Å². The molecule has 4 nitrogen and oxygen atoms in total. The first-order chi connectivity index (χ1) is 10.3. The van der Waals surface area contributed by atoms with Gasteiger partial charge < -0.3 is 9.64 Å². The van der Waals surface area contributed by atoms with Crippen molar-refractivity contribution in [2.24, 2.45) is 0 Å². The lowest BCUT2D eigenvalue weighted by molar-refractivity contribution is -0.152. The highest BCUT2D eigenvalue weighted by atomic mass is 32.1. The Kier molecular flexibility index (Phi) is 6.73. The van der Waals surface area contributed by atoms with Crippen molar-refractivity contribution in [1.82, 2.24) is 4.90 Å². The number of likely N-dealkylation sites (tertiary alicyclic amines) is 1. The predicted molar refractivity (Wildman–Crippen MR) is 83.3 cm³/mol. The van der Waals surface area contributed by atoms with Crippen molar-refractivity contribution in [3.63, 3.8) is 0 Å². The van der Waals surface area contributed by atoms with E-state index in [2.05, 4.69) is 6.07 Å². The van der Waals surface area contributed by atoms with Gasteiger partial charge in [-0.05, 0) is 37.1 Å². The van der Waals surface area contributed by atoms with Gasteiger partial charge in [0.1, 0.15) is 0 Å². The van der Waals surface area contributed by atoms with Gasteiger partial charge >= 0.3 is 5.97 Å². The number of hydrogen-bond acceptors (Lipinski definition) is 4. The fourth-order valence-corrected chi connectivity index (χ4v) is 3.24. The van der Waals surface area contributed by atoms with E-state index < -0.39 is 0 Å². The predicted octanol–water partition coefficient (Wildman–Crippen LogP) is 3.02. The number of thiophene rings is 1. The zero-order chi connectivity index (χ0) is 14.9. The van der Waals surface area contributed by atoms with Gasteiger partial charge in [0, 0.05) is 24.4 Å². The monoisotopic (exact) mass is 309 g/mol. The van der Waals surface area contributed by atoms with Gasteiger partial charge in [-0.15, -0.1) is 11.3 Å². The fourth-order valence-electron chi connectivity index (χ4n) is 2.49. The highest BCUT2D eigenvalue weighted by Gasteiger charge is 2.16. The van der Waals surface area contributed by atoms with Crippen molar-refractivity contribution in [2.75, 3.05) is 19.7 Å². The van der Waals surface area contributed by atoms with Crippen LogP contribution in [-0.4, -0.2) is 36.5 Å². The normalized spacial score (nSPS) is 15.5. The standard InChI is InChI=1S/C16H23NO3S/c18-15(17-10-3-1-2-4-11-17)13-20-16(19)9-5-7-14-8-6-12-21-14/h6,8,12H,1-5,7,9-11,13H2. The summed E-state index contributed by atoms with van der Waals surface area (Å²) in [7, 11) is 0. The Labute approximate surface area is 130 Å². The second kappa shape index (κ2) is 8.82. The van der Waals surface area contributed by atoms with Crippen molar-refractivity contribution >= 4 is 23.2 Å². The number of hydrogen-bond donors (Lipinski definition) is 0. The topological polar surface area (TPSA) is 46.6 Å². The third kappa shape index (κ3) is 5.87. The first-order valence-corrected chi connectivity index (χ1v) is 8.59. The van der Waals surface area contributed by atoms with Crippen LogP contribution in [0.25, 0.3) is 0 Å². The first kappa shape index (κ1) is 16.0. The molecule has 1 saturated heterocycles. The Morgan fingerprint density at radius 3 is 2.62 bits per heavy atom. The second-order valence-electron chi connectivity index (χ2n) is 5.39. The maximum atomic E-state index is 12.0. The molecule has 1 amide bonds. The summed E-state index contributed by atoms with van der Waals surface area (Å²) in [6.07, 6.45) is 6.54. The maximum Gasteiger partial charge on any atom is 0.306 e. The molecule has 0 spiro atoms. The van der Waals surface area contributed by atoms with Crippen LogP contribution in [0.15, 0.2) is 17.5 Å². The molecule has 1 aromatic rings. The highest BCUT2D eigenvalue weighted by Crippen LogP contribution is 2.12. The summed E-state index contributed by atoms with van der Waals surface area (Å²) in [5, 5.41) is 2.04. The Bertz CT molecular complexity index is 436. The van der Waals surface area contributed by atoms with Crippen molar-refractivity contribution in [3.05, 3.63) is 22.4 Å². The number of esters is 1. The molecular weight excluding hydrogens is 286 g/mol. The van der Waals surface area contributed by atoms with Crippen molar-refractivity contribution < 1.29 is 14.3 Å². The molecule has 0 unspecified atom stereocenters. The Hall–Kier alpha value is -1.36. The number of amides is 1. The van der Waals surface area contributed by atoms with Crippen LogP contribution in [0.3, 0.4) is 0 Å². The summed E-state index contributed by atoms with van der Waals surface area (Å²) in [6.45, 7) is 1.50. The number of aryl methyl sites for hydroxylation is 1. The highest BCUT2D eigenvalue weighted by molar-refractivity contribution is 7.09. The Morgan fingerprint density at radius 2 is 1.95 bits per heavy atom. The first-order valence-electron chi connectivity index (χ1n) is 7.71. The van der Waals surface area contributed by atoms with Crippen LogP contribution in [0.5, 0.6) is 0 Å². The minimum Gasteiger partial charge on any atom is -0.456 e. The quantitative estimate of drug-likeness (QED) is 0.759. The molecule has 0 aliphatic carbocycles. The minimum absolute atomic E-state index is 0.0523. The summed E-state index contributed by atoms with van der Waals surface area (Å²) >= 11 is 1.70. The zero-order valence-electron chi connectivity index (χ0n) is 12.4. The number of nitrogens with zero attached hydrogens (tertiary/aromatic N) is 1. The molecule has 0 N–H and O–H groups in total. The van der Waals surface area contributed by atoms with E-state index in [1.807, 2.05) is 16.3 Å². The van der Waals surface area contributed by atoms with Crippen molar-refractivity contribution in [3.8, 4) is 0 Å². The van der Waals surface area contributed by atoms with Gasteiger partial charge in [-0.25, -0.2) is 0 Å². The molecule has 1 aromatic heterocycles. The van der Waals surface area contributed by atoms with Crippen LogP contribution in [0, 0.1) is 0 Å². The molecule has 0 aromatic carbocycles. The molecule has 0 bridgehead atoms. The molecule has 116 valence electrons. The van der Waals surface area contributed by atoms with Gasteiger partial charge in [-0.2, -0.15) is 0 Å². The van der Waals surface area contributed by atoms with E-state index in [1.54, 1.807) is 11.3 Å². The average molecular weight is 309 g/mol. The molecular formula is C16H23NO3S. The molecule has 2 heterocycles. The summed E-state index contributed by atoms with van der Waals surface area (Å²) < 4.78 is 5.09. The Morgan fingerprint density at radius 1 is 1.19 bits per heavy atom. The molecule has 21 heavy (non-hydrogen) atoms. The van der Waals surface area contributed by atoms with Crippen LogP contribution in [0.4, 0.5) is 0 Å². The van der Waals surface area contributed by atoms with E-state index in [1.165, 1.54) is 17.7 Å². The number of ether oxygens (including phenoxy) is 1. The van der Waals surface area contributed by atoms with Gasteiger partial charge in [0.25, 0.3) is 5.91 Å². The van der Waals surface area contributed by atoms with Crippen LogP contribution in [0.1, 0.15) is 43.4 Å². The average Bonchev–Trinajstić information content (AvgIpc) is 2.85. The molecule has 0 saturated carbocycles. The molecule has 0 atom stereocenters. The lowest BCUT2D eigenvalue weighted by Crippen LogP contribution is -2.35. The van der Waals surface area contributed by atoms with Crippen molar-refractivity contribution in [1.29, 1.82) is 0 Å². The van der Waals surface area contributed by atoms with E-state index in [-0.39, 0.29) is 18.5 Å². The van der Waals surface area contributed by atoms with Gasteiger partial charge in [0.2, 0.25) is 0 Å². The summed E-state index contributed by atoms with van der Waals surface area (Å²) in [6, 6.07) is 4.08.